The molecule has 0 bridgehead atoms. The smallest absolute Gasteiger partial charge is 0.222 e. The molecule has 6 nitrogen and oxygen atoms in total. The van der Waals surface area contributed by atoms with E-state index in [-0.39, 0.29) is 5.91 Å². The van der Waals surface area contributed by atoms with Crippen LogP contribution in [0.4, 0.5) is 0 Å². The molecule has 0 unspecified atom stereocenters. The Hall–Kier alpha value is -3.15. The van der Waals surface area contributed by atoms with E-state index in [9.17, 15) is 4.79 Å². The molecule has 4 aromatic rings. The molecule has 138 valence electrons. The number of carbonyl (C=O) groups is 1. The van der Waals surface area contributed by atoms with Crippen LogP contribution < -0.4 is 5.32 Å². The molecule has 0 atom stereocenters. The van der Waals surface area contributed by atoms with Crippen LogP contribution in [0.2, 0.25) is 0 Å². The lowest BCUT2D eigenvalue weighted by molar-refractivity contribution is -0.121. The van der Waals surface area contributed by atoms with E-state index < -0.39 is 0 Å². The first-order valence-corrected chi connectivity index (χ1v) is 9.29. The maximum atomic E-state index is 12.4. The van der Waals surface area contributed by atoms with Gasteiger partial charge in [-0.3, -0.25) is 9.48 Å². The molecule has 0 saturated carbocycles. The number of aromatic nitrogens is 4. The van der Waals surface area contributed by atoms with Crippen molar-refractivity contribution in [2.75, 3.05) is 0 Å². The number of carbonyl (C=O) groups excluding carboxylic acids is 1. The zero-order chi connectivity index (χ0) is 18.8. The van der Waals surface area contributed by atoms with Crippen molar-refractivity contribution in [1.82, 2.24) is 24.6 Å². The molecule has 0 saturated heterocycles. The van der Waals surface area contributed by atoms with E-state index in [0.29, 0.717) is 19.5 Å². The molecule has 2 aromatic carbocycles. The molecule has 0 spiro atoms. The van der Waals surface area contributed by atoms with Gasteiger partial charge in [-0.05, 0) is 31.5 Å². The van der Waals surface area contributed by atoms with Gasteiger partial charge in [-0.25, -0.2) is 4.98 Å². The summed E-state index contributed by atoms with van der Waals surface area (Å²) in [6, 6.07) is 14.2. The average molecular weight is 361 g/mol. The maximum absolute atomic E-state index is 12.4. The Morgan fingerprint density at radius 1 is 1.15 bits per heavy atom. The number of hydrogen-bond donors (Lipinski definition) is 1. The Morgan fingerprint density at radius 3 is 2.85 bits per heavy atom. The predicted molar refractivity (Wildman–Crippen MR) is 106 cm³/mol. The third-order valence-electron chi connectivity index (χ3n) is 4.91. The Labute approximate surface area is 157 Å². The van der Waals surface area contributed by atoms with Gasteiger partial charge in [-0.15, -0.1) is 0 Å². The van der Waals surface area contributed by atoms with Crippen molar-refractivity contribution in [2.45, 2.75) is 39.9 Å². The zero-order valence-corrected chi connectivity index (χ0v) is 15.6. The normalized spacial score (nSPS) is 11.3. The van der Waals surface area contributed by atoms with Crippen molar-refractivity contribution in [3.63, 3.8) is 0 Å². The molecule has 0 aliphatic heterocycles. The largest absolute Gasteiger partial charge is 0.349 e. The van der Waals surface area contributed by atoms with Gasteiger partial charge in [0, 0.05) is 18.4 Å². The predicted octanol–water partition coefficient (Wildman–Crippen LogP) is 3.42. The SMILES string of the molecule is CCn1c(CNC(=O)CCn2ncc3cccc(C)c32)nc2ccccc21. The van der Waals surface area contributed by atoms with Gasteiger partial charge in [0.2, 0.25) is 5.91 Å². The maximum Gasteiger partial charge on any atom is 0.222 e. The van der Waals surface area contributed by atoms with Crippen molar-refractivity contribution in [2.24, 2.45) is 0 Å². The number of imidazole rings is 1. The van der Waals surface area contributed by atoms with Crippen molar-refractivity contribution < 1.29 is 4.79 Å². The number of hydrogen-bond acceptors (Lipinski definition) is 3. The molecule has 4 rings (SSSR count). The van der Waals surface area contributed by atoms with E-state index in [2.05, 4.69) is 45.9 Å². The van der Waals surface area contributed by atoms with Gasteiger partial charge in [0.1, 0.15) is 5.82 Å². The Balaban J connectivity index is 1.41. The highest BCUT2D eigenvalue weighted by atomic mass is 16.1. The summed E-state index contributed by atoms with van der Waals surface area (Å²) in [6.45, 7) is 5.97. The zero-order valence-electron chi connectivity index (χ0n) is 15.6. The fourth-order valence-corrected chi connectivity index (χ4v) is 3.58. The average Bonchev–Trinajstić information content (AvgIpc) is 3.26. The van der Waals surface area contributed by atoms with Crippen LogP contribution in [0.15, 0.2) is 48.7 Å². The number of nitrogens with one attached hydrogen (secondary N) is 1. The van der Waals surface area contributed by atoms with Crippen LogP contribution in [0.25, 0.3) is 21.9 Å². The van der Waals surface area contributed by atoms with Crippen molar-refractivity contribution in [3.8, 4) is 0 Å². The molecular weight excluding hydrogens is 338 g/mol. The molecule has 1 amide bonds. The summed E-state index contributed by atoms with van der Waals surface area (Å²) >= 11 is 0. The highest BCUT2D eigenvalue weighted by molar-refractivity contribution is 5.82. The third kappa shape index (κ3) is 3.30. The molecule has 2 aromatic heterocycles. The van der Waals surface area contributed by atoms with Gasteiger partial charge >= 0.3 is 0 Å². The second-order valence-corrected chi connectivity index (χ2v) is 6.67. The summed E-state index contributed by atoms with van der Waals surface area (Å²) in [6.07, 6.45) is 2.24. The highest BCUT2D eigenvalue weighted by Crippen LogP contribution is 2.18. The number of para-hydroxylation sites is 3. The lowest BCUT2D eigenvalue weighted by Gasteiger charge is -2.09. The van der Waals surface area contributed by atoms with E-state index >= 15 is 0 Å². The standard InChI is InChI=1S/C21H23N5O/c1-3-25-18-10-5-4-9-17(18)24-19(25)14-22-20(27)11-12-26-21-15(2)7-6-8-16(21)13-23-26/h4-10,13H,3,11-12,14H2,1-2H3,(H,22,27). The first-order chi connectivity index (χ1) is 13.2. The number of benzene rings is 2. The summed E-state index contributed by atoms with van der Waals surface area (Å²) in [5.74, 6) is 0.884. The molecule has 0 aliphatic rings. The number of nitrogens with zero attached hydrogens (tertiary/aromatic N) is 4. The van der Waals surface area contributed by atoms with E-state index in [4.69, 9.17) is 0 Å². The summed E-state index contributed by atoms with van der Waals surface area (Å²) < 4.78 is 4.05. The van der Waals surface area contributed by atoms with E-state index in [1.807, 2.05) is 41.2 Å². The lowest BCUT2D eigenvalue weighted by Crippen LogP contribution is -2.25. The number of amides is 1. The Morgan fingerprint density at radius 2 is 2.00 bits per heavy atom. The van der Waals surface area contributed by atoms with E-state index in [1.165, 1.54) is 5.56 Å². The monoisotopic (exact) mass is 361 g/mol. The van der Waals surface area contributed by atoms with E-state index in [0.717, 1.165) is 34.3 Å². The minimum atomic E-state index is 0.00180. The van der Waals surface area contributed by atoms with Crippen LogP contribution in [-0.4, -0.2) is 25.2 Å². The van der Waals surface area contributed by atoms with Crippen LogP contribution >= 0.6 is 0 Å². The van der Waals surface area contributed by atoms with Gasteiger partial charge in [-0.2, -0.15) is 5.10 Å². The van der Waals surface area contributed by atoms with E-state index in [1.54, 1.807) is 0 Å². The minimum Gasteiger partial charge on any atom is -0.349 e. The summed E-state index contributed by atoms with van der Waals surface area (Å²) in [4.78, 5) is 17.0. The number of fused-ring (bicyclic) bond motifs is 2. The Kier molecular flexibility index (Phi) is 4.62. The van der Waals surface area contributed by atoms with Crippen LogP contribution in [-0.2, 0) is 24.4 Å². The van der Waals surface area contributed by atoms with Gasteiger partial charge in [-0.1, -0.05) is 30.3 Å². The lowest BCUT2D eigenvalue weighted by atomic mass is 10.2. The minimum absolute atomic E-state index is 0.00180. The first kappa shape index (κ1) is 17.3. The second-order valence-electron chi connectivity index (χ2n) is 6.67. The highest BCUT2D eigenvalue weighted by Gasteiger charge is 2.11. The topological polar surface area (TPSA) is 64.7 Å². The Bertz CT molecular complexity index is 1110. The van der Waals surface area contributed by atoms with Crippen LogP contribution in [0, 0.1) is 6.92 Å². The molecular formula is C21H23N5O. The van der Waals surface area contributed by atoms with Crippen molar-refractivity contribution >= 4 is 27.8 Å². The third-order valence-corrected chi connectivity index (χ3v) is 4.91. The molecule has 0 aliphatic carbocycles. The molecule has 2 heterocycles. The van der Waals surface area contributed by atoms with Gasteiger partial charge in [0.15, 0.2) is 0 Å². The molecule has 6 heteroatoms. The van der Waals surface area contributed by atoms with Gasteiger partial charge < -0.3 is 9.88 Å². The number of aryl methyl sites for hydroxylation is 3. The van der Waals surface area contributed by atoms with Gasteiger partial charge in [0.05, 0.1) is 35.8 Å². The first-order valence-electron chi connectivity index (χ1n) is 9.29. The summed E-state index contributed by atoms with van der Waals surface area (Å²) in [5, 5.41) is 8.52. The molecule has 0 radical (unpaired) electrons. The quantitative estimate of drug-likeness (QED) is 0.572. The van der Waals surface area contributed by atoms with Crippen LogP contribution in [0.1, 0.15) is 24.7 Å². The molecule has 27 heavy (non-hydrogen) atoms. The number of rotatable bonds is 6. The van der Waals surface area contributed by atoms with Crippen LogP contribution in [0.3, 0.4) is 0 Å². The van der Waals surface area contributed by atoms with Gasteiger partial charge in [0.25, 0.3) is 0 Å². The summed E-state index contributed by atoms with van der Waals surface area (Å²) in [7, 11) is 0. The summed E-state index contributed by atoms with van der Waals surface area (Å²) in [5.41, 5.74) is 4.32. The van der Waals surface area contributed by atoms with Crippen molar-refractivity contribution in [1.29, 1.82) is 0 Å². The van der Waals surface area contributed by atoms with Crippen molar-refractivity contribution in [3.05, 3.63) is 60.0 Å². The molecule has 1 N–H and O–H groups in total. The fraction of sp³-hybridized carbons (Fsp3) is 0.286. The molecule has 0 fully saturated rings. The second kappa shape index (κ2) is 7.23. The fourth-order valence-electron chi connectivity index (χ4n) is 3.58. The van der Waals surface area contributed by atoms with Crippen LogP contribution in [0.5, 0.6) is 0 Å².